The van der Waals surface area contributed by atoms with Gasteiger partial charge in [0.25, 0.3) is 0 Å². The molecule has 0 saturated carbocycles. The van der Waals surface area contributed by atoms with Crippen LogP contribution < -0.4 is 19.5 Å². The molecule has 0 bridgehead atoms. The van der Waals surface area contributed by atoms with E-state index in [-0.39, 0.29) is 0 Å². The van der Waals surface area contributed by atoms with Crippen molar-refractivity contribution in [3.63, 3.8) is 0 Å². The summed E-state index contributed by atoms with van der Waals surface area (Å²) in [6, 6.07) is 3.71. The summed E-state index contributed by atoms with van der Waals surface area (Å²) in [6.07, 6.45) is 4.00. The second-order valence-electron chi connectivity index (χ2n) is 3.41. The maximum Gasteiger partial charge on any atom is 0.164 e. The Balaban J connectivity index is 3.09. The largest absolute Gasteiger partial charge is 0.496 e. The van der Waals surface area contributed by atoms with Crippen LogP contribution in [0.4, 0.5) is 0 Å². The first-order valence-electron chi connectivity index (χ1n) is 5.38. The van der Waals surface area contributed by atoms with Gasteiger partial charge in [0.05, 0.1) is 21.3 Å². The Morgan fingerprint density at radius 3 is 2.12 bits per heavy atom. The van der Waals surface area contributed by atoms with E-state index in [2.05, 4.69) is 5.32 Å². The summed E-state index contributed by atoms with van der Waals surface area (Å²) in [4.78, 5) is 0. The Kier molecular flexibility index (Phi) is 5.36. The lowest BCUT2D eigenvalue weighted by Crippen LogP contribution is -2.03. The second kappa shape index (κ2) is 6.81. The van der Waals surface area contributed by atoms with Crippen LogP contribution in [0.15, 0.2) is 18.2 Å². The molecule has 94 valence electrons. The molecule has 0 aliphatic heterocycles. The number of nitrogens with one attached hydrogen (secondary N) is 1. The third kappa shape index (κ3) is 3.39. The van der Waals surface area contributed by atoms with E-state index >= 15 is 0 Å². The highest BCUT2D eigenvalue weighted by molar-refractivity contribution is 5.63. The standard InChI is InChI=1S/C13H19NO3/c1-14-7-5-6-10-8-12(16-3)13(17-4)9-11(10)15-2/h5-6,8-9,14H,7H2,1-4H3. The minimum Gasteiger partial charge on any atom is -0.496 e. The average Bonchev–Trinajstić information content (AvgIpc) is 2.38. The van der Waals surface area contributed by atoms with Crippen molar-refractivity contribution in [2.45, 2.75) is 0 Å². The van der Waals surface area contributed by atoms with Gasteiger partial charge in [-0.2, -0.15) is 0 Å². The van der Waals surface area contributed by atoms with Gasteiger partial charge < -0.3 is 19.5 Å². The van der Waals surface area contributed by atoms with Gasteiger partial charge in [0, 0.05) is 18.2 Å². The van der Waals surface area contributed by atoms with E-state index in [9.17, 15) is 0 Å². The molecule has 0 atom stereocenters. The Hall–Kier alpha value is -1.68. The van der Waals surface area contributed by atoms with E-state index in [1.54, 1.807) is 21.3 Å². The molecule has 0 spiro atoms. The highest BCUT2D eigenvalue weighted by atomic mass is 16.5. The first-order valence-corrected chi connectivity index (χ1v) is 5.38. The van der Waals surface area contributed by atoms with E-state index in [0.717, 1.165) is 17.9 Å². The molecular weight excluding hydrogens is 218 g/mol. The SMILES string of the molecule is CNCC=Cc1cc(OC)c(OC)cc1OC. The van der Waals surface area contributed by atoms with Crippen molar-refractivity contribution in [1.82, 2.24) is 5.32 Å². The molecule has 0 aliphatic rings. The van der Waals surface area contributed by atoms with Crippen molar-refractivity contribution in [2.75, 3.05) is 34.9 Å². The number of likely N-dealkylation sites (N-methyl/N-ethyl adjacent to an activating group) is 1. The van der Waals surface area contributed by atoms with Crippen LogP contribution in [0.1, 0.15) is 5.56 Å². The van der Waals surface area contributed by atoms with Crippen LogP contribution in [0.25, 0.3) is 6.08 Å². The lowest BCUT2D eigenvalue weighted by atomic mass is 10.1. The summed E-state index contributed by atoms with van der Waals surface area (Å²) in [6.45, 7) is 0.803. The monoisotopic (exact) mass is 237 g/mol. The number of hydrogen-bond acceptors (Lipinski definition) is 4. The molecule has 0 aliphatic carbocycles. The lowest BCUT2D eigenvalue weighted by Gasteiger charge is -2.12. The molecule has 1 aromatic carbocycles. The molecule has 4 nitrogen and oxygen atoms in total. The zero-order chi connectivity index (χ0) is 12.7. The van der Waals surface area contributed by atoms with Gasteiger partial charge in [0.15, 0.2) is 11.5 Å². The normalized spacial score (nSPS) is 10.6. The smallest absolute Gasteiger partial charge is 0.164 e. The lowest BCUT2D eigenvalue weighted by molar-refractivity contribution is 0.348. The van der Waals surface area contributed by atoms with E-state index in [1.165, 1.54) is 0 Å². The number of rotatable bonds is 6. The Morgan fingerprint density at radius 2 is 1.59 bits per heavy atom. The van der Waals surface area contributed by atoms with Crippen LogP contribution in [0, 0.1) is 0 Å². The van der Waals surface area contributed by atoms with Crippen LogP contribution in [0.2, 0.25) is 0 Å². The van der Waals surface area contributed by atoms with Crippen molar-refractivity contribution in [3.05, 3.63) is 23.8 Å². The van der Waals surface area contributed by atoms with Gasteiger partial charge in [0.2, 0.25) is 0 Å². The molecule has 0 fully saturated rings. The zero-order valence-electron chi connectivity index (χ0n) is 10.7. The number of methoxy groups -OCH3 is 3. The van der Waals surface area contributed by atoms with Crippen LogP contribution in [-0.4, -0.2) is 34.9 Å². The van der Waals surface area contributed by atoms with Crippen molar-refractivity contribution in [3.8, 4) is 17.2 Å². The van der Waals surface area contributed by atoms with Crippen molar-refractivity contribution < 1.29 is 14.2 Å². The molecular formula is C13H19NO3. The maximum atomic E-state index is 5.31. The third-order valence-electron chi connectivity index (χ3n) is 2.36. The van der Waals surface area contributed by atoms with Gasteiger partial charge in [0.1, 0.15) is 5.75 Å². The van der Waals surface area contributed by atoms with Gasteiger partial charge in [-0.15, -0.1) is 0 Å². The molecule has 0 aromatic heterocycles. The summed E-state index contributed by atoms with van der Waals surface area (Å²) in [5.74, 6) is 2.11. The molecule has 0 unspecified atom stereocenters. The fourth-order valence-electron chi connectivity index (χ4n) is 1.49. The zero-order valence-corrected chi connectivity index (χ0v) is 10.7. The molecule has 1 aromatic rings. The molecule has 0 radical (unpaired) electrons. The van der Waals surface area contributed by atoms with Crippen LogP contribution in [0.5, 0.6) is 17.2 Å². The second-order valence-corrected chi connectivity index (χ2v) is 3.41. The van der Waals surface area contributed by atoms with Gasteiger partial charge in [-0.05, 0) is 13.1 Å². The van der Waals surface area contributed by atoms with Gasteiger partial charge in [-0.25, -0.2) is 0 Å². The Morgan fingerprint density at radius 1 is 1.00 bits per heavy atom. The highest BCUT2D eigenvalue weighted by Crippen LogP contribution is 2.35. The summed E-state index contributed by atoms with van der Waals surface area (Å²) in [7, 11) is 6.76. The fraction of sp³-hybridized carbons (Fsp3) is 0.385. The summed E-state index contributed by atoms with van der Waals surface area (Å²) >= 11 is 0. The fourth-order valence-corrected chi connectivity index (χ4v) is 1.49. The van der Waals surface area contributed by atoms with Crippen molar-refractivity contribution in [1.29, 1.82) is 0 Å². The summed E-state index contributed by atoms with van der Waals surface area (Å²) in [5, 5.41) is 3.04. The predicted octanol–water partition coefficient (Wildman–Crippen LogP) is 1.94. The minimum absolute atomic E-state index is 0.662. The van der Waals surface area contributed by atoms with Crippen LogP contribution in [-0.2, 0) is 0 Å². The molecule has 4 heteroatoms. The molecule has 0 saturated heterocycles. The maximum absolute atomic E-state index is 5.31. The quantitative estimate of drug-likeness (QED) is 0.821. The molecule has 17 heavy (non-hydrogen) atoms. The third-order valence-corrected chi connectivity index (χ3v) is 2.36. The number of benzene rings is 1. The van der Waals surface area contributed by atoms with Gasteiger partial charge in [-0.3, -0.25) is 0 Å². The van der Waals surface area contributed by atoms with E-state index < -0.39 is 0 Å². The van der Waals surface area contributed by atoms with E-state index in [1.807, 2.05) is 31.3 Å². The number of hydrogen-bond donors (Lipinski definition) is 1. The number of ether oxygens (including phenoxy) is 3. The summed E-state index contributed by atoms with van der Waals surface area (Å²) in [5.41, 5.74) is 0.959. The van der Waals surface area contributed by atoms with Crippen molar-refractivity contribution >= 4 is 6.08 Å². The van der Waals surface area contributed by atoms with Crippen LogP contribution in [0.3, 0.4) is 0 Å². The summed E-state index contributed by atoms with van der Waals surface area (Å²) < 4.78 is 15.8. The average molecular weight is 237 g/mol. The van der Waals surface area contributed by atoms with Gasteiger partial charge in [-0.1, -0.05) is 12.2 Å². The van der Waals surface area contributed by atoms with E-state index in [4.69, 9.17) is 14.2 Å². The predicted molar refractivity (Wildman–Crippen MR) is 69.1 cm³/mol. The molecule has 1 rings (SSSR count). The first kappa shape index (κ1) is 13.4. The van der Waals surface area contributed by atoms with Gasteiger partial charge >= 0.3 is 0 Å². The van der Waals surface area contributed by atoms with E-state index in [0.29, 0.717) is 11.5 Å². The minimum atomic E-state index is 0.662. The van der Waals surface area contributed by atoms with Crippen molar-refractivity contribution in [2.24, 2.45) is 0 Å². The Labute approximate surface area is 102 Å². The first-order chi connectivity index (χ1) is 8.26. The molecule has 0 amide bonds. The Bertz CT molecular complexity index is 388. The highest BCUT2D eigenvalue weighted by Gasteiger charge is 2.09. The molecule has 0 heterocycles. The topological polar surface area (TPSA) is 39.7 Å². The van der Waals surface area contributed by atoms with Crippen LogP contribution >= 0.6 is 0 Å². The molecule has 1 N–H and O–H groups in total.